The number of carbonyl (C=O) groups excluding carboxylic acids is 2. The third-order valence-electron chi connectivity index (χ3n) is 6.00. The van der Waals surface area contributed by atoms with Gasteiger partial charge in [-0.2, -0.15) is 0 Å². The molecular weight excluding hydrogens is 356 g/mol. The van der Waals surface area contributed by atoms with Crippen LogP contribution in [-0.2, 0) is 16.6 Å². The maximum absolute atomic E-state index is 12.5. The summed E-state index contributed by atoms with van der Waals surface area (Å²) in [5.74, 6) is 0.325. The second-order valence-corrected chi connectivity index (χ2v) is 7.69. The highest BCUT2D eigenvalue weighted by molar-refractivity contribution is 5.96. The van der Waals surface area contributed by atoms with E-state index < -0.39 is 0 Å². The fourth-order valence-corrected chi connectivity index (χ4v) is 4.39. The maximum atomic E-state index is 12.5. The highest BCUT2D eigenvalue weighted by atomic mass is 16.2. The molecule has 7 nitrogen and oxygen atoms in total. The summed E-state index contributed by atoms with van der Waals surface area (Å²) >= 11 is 0. The summed E-state index contributed by atoms with van der Waals surface area (Å²) in [5.41, 5.74) is 2.15. The Bertz CT molecular complexity index is 959. The zero-order valence-corrected chi connectivity index (χ0v) is 16.0. The van der Waals surface area contributed by atoms with Gasteiger partial charge in [-0.1, -0.05) is 18.2 Å². The lowest BCUT2D eigenvalue weighted by Gasteiger charge is -2.39. The fourth-order valence-electron chi connectivity index (χ4n) is 4.39. The summed E-state index contributed by atoms with van der Waals surface area (Å²) in [6.45, 7) is 3.04. The molecule has 146 valence electrons. The van der Waals surface area contributed by atoms with Gasteiger partial charge in [0.2, 0.25) is 5.91 Å². The molecule has 0 radical (unpaired) electrons. The molecule has 1 aliphatic carbocycles. The van der Waals surface area contributed by atoms with Gasteiger partial charge in [0.1, 0.15) is 5.82 Å². The number of aromatic amines is 1. The second-order valence-electron chi connectivity index (χ2n) is 7.69. The lowest BCUT2D eigenvalue weighted by atomic mass is 9.76. The van der Waals surface area contributed by atoms with E-state index in [2.05, 4.69) is 15.3 Å². The normalized spacial score (nSPS) is 17.4. The number of nitrogens with one attached hydrogen (secondary N) is 2. The molecule has 0 atom stereocenters. The fraction of sp³-hybridized carbons (Fsp3) is 0.429. The number of amides is 2. The Kier molecular flexibility index (Phi) is 4.75. The number of hydrogen-bond donors (Lipinski definition) is 2. The molecule has 4 rings (SSSR count). The molecular formula is C21H24N4O3. The Morgan fingerprint density at radius 3 is 2.61 bits per heavy atom. The van der Waals surface area contributed by atoms with E-state index in [0.29, 0.717) is 24.5 Å². The number of aryl methyl sites for hydroxylation is 1. The van der Waals surface area contributed by atoms with Crippen LogP contribution < -0.4 is 10.9 Å². The standard InChI is InChI=1S/C21H24N4O3/c1-14-23-18-16(20(28)24-14)7-8-21(18)9-11-25(12-10-21)17(26)13-22-19(27)15-5-3-2-4-6-15/h2-6H,7-13H2,1H3,(H,22,27)(H,23,24,28). The number of benzene rings is 1. The molecule has 0 saturated carbocycles. The quantitative estimate of drug-likeness (QED) is 0.839. The topological polar surface area (TPSA) is 95.2 Å². The molecule has 28 heavy (non-hydrogen) atoms. The number of nitrogens with zero attached hydrogens (tertiary/aromatic N) is 2. The Hall–Kier alpha value is -2.96. The Morgan fingerprint density at radius 2 is 1.89 bits per heavy atom. The van der Waals surface area contributed by atoms with Gasteiger partial charge in [-0.05, 0) is 44.7 Å². The van der Waals surface area contributed by atoms with Crippen LogP contribution in [0.3, 0.4) is 0 Å². The van der Waals surface area contributed by atoms with Crippen molar-refractivity contribution in [2.24, 2.45) is 0 Å². The van der Waals surface area contributed by atoms with E-state index in [-0.39, 0.29) is 29.3 Å². The second kappa shape index (κ2) is 7.22. The number of piperidine rings is 1. The van der Waals surface area contributed by atoms with Crippen LogP contribution in [0.5, 0.6) is 0 Å². The lowest BCUT2D eigenvalue weighted by Crippen LogP contribution is -2.48. The van der Waals surface area contributed by atoms with E-state index in [0.717, 1.165) is 36.9 Å². The molecule has 1 aromatic carbocycles. The van der Waals surface area contributed by atoms with Crippen LogP contribution in [-0.4, -0.2) is 46.3 Å². The summed E-state index contributed by atoms with van der Waals surface area (Å²) in [6.07, 6.45) is 3.26. The van der Waals surface area contributed by atoms with Gasteiger partial charge in [-0.15, -0.1) is 0 Å². The smallest absolute Gasteiger partial charge is 0.254 e. The molecule has 2 heterocycles. The molecule has 1 fully saturated rings. The molecule has 2 N–H and O–H groups in total. The van der Waals surface area contributed by atoms with Gasteiger partial charge in [-0.3, -0.25) is 14.4 Å². The van der Waals surface area contributed by atoms with E-state index in [9.17, 15) is 14.4 Å². The van der Waals surface area contributed by atoms with Gasteiger partial charge in [0.05, 0.1) is 12.2 Å². The number of H-pyrrole nitrogens is 1. The van der Waals surface area contributed by atoms with Crippen molar-refractivity contribution in [2.45, 2.75) is 38.0 Å². The third kappa shape index (κ3) is 3.32. The van der Waals surface area contributed by atoms with Crippen LogP contribution in [0, 0.1) is 6.92 Å². The first kappa shape index (κ1) is 18.4. The van der Waals surface area contributed by atoms with E-state index in [1.54, 1.807) is 29.2 Å². The van der Waals surface area contributed by atoms with E-state index in [4.69, 9.17) is 0 Å². The lowest BCUT2D eigenvalue weighted by molar-refractivity contribution is -0.131. The summed E-state index contributed by atoms with van der Waals surface area (Å²) in [5, 5.41) is 2.70. The number of fused-ring (bicyclic) bond motifs is 2. The molecule has 1 spiro atoms. The first-order valence-corrected chi connectivity index (χ1v) is 9.70. The van der Waals surface area contributed by atoms with Crippen molar-refractivity contribution in [1.29, 1.82) is 0 Å². The van der Waals surface area contributed by atoms with Crippen molar-refractivity contribution >= 4 is 11.8 Å². The van der Waals surface area contributed by atoms with E-state index in [1.807, 2.05) is 13.0 Å². The summed E-state index contributed by atoms with van der Waals surface area (Å²) in [6, 6.07) is 8.87. The van der Waals surface area contributed by atoms with Gasteiger partial charge in [0.15, 0.2) is 0 Å². The molecule has 1 saturated heterocycles. The van der Waals surface area contributed by atoms with Crippen LogP contribution in [0.2, 0.25) is 0 Å². The van der Waals surface area contributed by atoms with Crippen LogP contribution >= 0.6 is 0 Å². The summed E-state index contributed by atoms with van der Waals surface area (Å²) in [4.78, 5) is 46.1. The van der Waals surface area contributed by atoms with Crippen LogP contribution in [0.25, 0.3) is 0 Å². The number of hydrogen-bond acceptors (Lipinski definition) is 4. The Morgan fingerprint density at radius 1 is 1.18 bits per heavy atom. The van der Waals surface area contributed by atoms with Crippen molar-refractivity contribution in [2.75, 3.05) is 19.6 Å². The molecule has 1 aliphatic heterocycles. The molecule has 7 heteroatoms. The van der Waals surface area contributed by atoms with Gasteiger partial charge in [0, 0.05) is 29.6 Å². The van der Waals surface area contributed by atoms with Crippen molar-refractivity contribution < 1.29 is 9.59 Å². The van der Waals surface area contributed by atoms with Gasteiger partial charge < -0.3 is 15.2 Å². The largest absolute Gasteiger partial charge is 0.343 e. The number of likely N-dealkylation sites (tertiary alicyclic amines) is 1. The summed E-state index contributed by atoms with van der Waals surface area (Å²) < 4.78 is 0. The zero-order chi connectivity index (χ0) is 19.7. The molecule has 2 aromatic rings. The Balaban J connectivity index is 1.37. The summed E-state index contributed by atoms with van der Waals surface area (Å²) in [7, 11) is 0. The van der Waals surface area contributed by atoms with Crippen LogP contribution in [0.4, 0.5) is 0 Å². The van der Waals surface area contributed by atoms with Gasteiger partial charge in [-0.25, -0.2) is 4.98 Å². The maximum Gasteiger partial charge on any atom is 0.254 e. The first-order valence-electron chi connectivity index (χ1n) is 9.70. The monoisotopic (exact) mass is 380 g/mol. The number of carbonyl (C=O) groups is 2. The van der Waals surface area contributed by atoms with Gasteiger partial charge in [0.25, 0.3) is 11.5 Å². The third-order valence-corrected chi connectivity index (χ3v) is 6.00. The van der Waals surface area contributed by atoms with Crippen molar-refractivity contribution in [3.05, 3.63) is 63.3 Å². The highest BCUT2D eigenvalue weighted by Gasteiger charge is 2.44. The number of aromatic nitrogens is 2. The molecule has 2 aliphatic rings. The zero-order valence-electron chi connectivity index (χ0n) is 16.0. The van der Waals surface area contributed by atoms with Crippen LogP contribution in [0.1, 0.15) is 46.7 Å². The van der Waals surface area contributed by atoms with Gasteiger partial charge >= 0.3 is 0 Å². The first-order chi connectivity index (χ1) is 13.5. The molecule has 2 amide bonds. The predicted molar refractivity (Wildman–Crippen MR) is 104 cm³/mol. The minimum absolute atomic E-state index is 0.00561. The molecule has 0 unspecified atom stereocenters. The Labute approximate surface area is 163 Å². The van der Waals surface area contributed by atoms with Crippen molar-refractivity contribution in [3.8, 4) is 0 Å². The van der Waals surface area contributed by atoms with Crippen molar-refractivity contribution in [3.63, 3.8) is 0 Å². The minimum Gasteiger partial charge on any atom is -0.343 e. The van der Waals surface area contributed by atoms with Crippen LogP contribution in [0.15, 0.2) is 35.1 Å². The molecule has 0 bridgehead atoms. The van der Waals surface area contributed by atoms with E-state index in [1.165, 1.54) is 0 Å². The predicted octanol–water partition coefficient (Wildman–Crippen LogP) is 1.31. The molecule has 1 aromatic heterocycles. The van der Waals surface area contributed by atoms with E-state index >= 15 is 0 Å². The SMILES string of the molecule is Cc1nc2c(c(=O)[nH]1)CCC21CCN(C(=O)CNC(=O)c2ccccc2)CC1. The average Bonchev–Trinajstić information content (AvgIpc) is 3.05. The minimum atomic E-state index is -0.244. The highest BCUT2D eigenvalue weighted by Crippen LogP contribution is 2.44. The number of rotatable bonds is 3. The average molecular weight is 380 g/mol. The van der Waals surface area contributed by atoms with Crippen molar-refractivity contribution in [1.82, 2.24) is 20.2 Å².